The number of hydrogen-bond acceptors (Lipinski definition) is 2. The van der Waals surface area contributed by atoms with Gasteiger partial charge in [0.1, 0.15) is 0 Å². The molecule has 2 aromatic rings. The van der Waals surface area contributed by atoms with Gasteiger partial charge in [-0.2, -0.15) is 0 Å². The summed E-state index contributed by atoms with van der Waals surface area (Å²) in [6, 6.07) is 12.4. The second-order valence-corrected chi connectivity index (χ2v) is 8.42. The lowest BCUT2D eigenvalue weighted by Crippen LogP contribution is -2.28. The van der Waals surface area contributed by atoms with Crippen LogP contribution in [0.25, 0.3) is 0 Å². The molecule has 0 radical (unpaired) electrons. The third-order valence-corrected chi connectivity index (χ3v) is 6.34. The molecule has 24 heavy (non-hydrogen) atoms. The molecule has 5 heteroatoms. The number of aryl methyl sites for hydroxylation is 2. The van der Waals surface area contributed by atoms with Gasteiger partial charge in [-0.1, -0.05) is 36.7 Å². The van der Waals surface area contributed by atoms with E-state index in [9.17, 15) is 8.42 Å². The van der Waals surface area contributed by atoms with Gasteiger partial charge in [0.05, 0.1) is 4.90 Å². The number of rotatable bonds is 5. The number of benzene rings is 2. The van der Waals surface area contributed by atoms with Crippen molar-refractivity contribution < 1.29 is 8.42 Å². The van der Waals surface area contributed by atoms with E-state index in [1.54, 1.807) is 12.1 Å². The summed E-state index contributed by atoms with van der Waals surface area (Å²) in [5.41, 5.74) is 3.80. The van der Waals surface area contributed by atoms with Crippen molar-refractivity contribution in [2.45, 2.75) is 50.0 Å². The van der Waals surface area contributed by atoms with E-state index in [4.69, 9.17) is 11.6 Å². The first kappa shape index (κ1) is 17.5. The van der Waals surface area contributed by atoms with E-state index < -0.39 is 10.0 Å². The molecule has 0 heterocycles. The first-order valence-corrected chi connectivity index (χ1v) is 10.3. The predicted molar refractivity (Wildman–Crippen MR) is 97.9 cm³/mol. The molecule has 0 unspecified atom stereocenters. The average molecular weight is 364 g/mol. The van der Waals surface area contributed by atoms with Gasteiger partial charge in [0.25, 0.3) is 0 Å². The smallest absolute Gasteiger partial charge is 0.207 e. The predicted octanol–water partition coefficient (Wildman–Crippen LogP) is 4.65. The summed E-state index contributed by atoms with van der Waals surface area (Å²) in [6.45, 7) is 1.99. The molecule has 0 saturated carbocycles. The minimum atomic E-state index is -3.57. The van der Waals surface area contributed by atoms with Crippen LogP contribution < -0.4 is 4.72 Å². The topological polar surface area (TPSA) is 46.2 Å². The SMILES string of the molecule is CC[C@@H](NS(=O)(=O)c1ccc(Cl)cc1)c1ccc2c(c1)CCCC2. The van der Waals surface area contributed by atoms with Crippen LogP contribution >= 0.6 is 11.6 Å². The fourth-order valence-electron chi connectivity index (χ4n) is 3.23. The Labute approximate surface area is 149 Å². The van der Waals surface area contributed by atoms with E-state index in [-0.39, 0.29) is 10.9 Å². The van der Waals surface area contributed by atoms with Crippen LogP contribution in [0.3, 0.4) is 0 Å². The standard InChI is InChI=1S/C19H22ClNO2S/c1-2-19(16-8-7-14-5-3-4-6-15(14)13-16)21-24(22,23)18-11-9-17(20)10-12-18/h7-13,19,21H,2-6H2,1H3/t19-/m1/s1. The van der Waals surface area contributed by atoms with E-state index in [1.165, 1.54) is 36.1 Å². The van der Waals surface area contributed by atoms with Crippen molar-refractivity contribution in [1.29, 1.82) is 0 Å². The number of hydrogen-bond donors (Lipinski definition) is 1. The first-order valence-electron chi connectivity index (χ1n) is 8.39. The van der Waals surface area contributed by atoms with Crippen molar-refractivity contribution in [2.75, 3.05) is 0 Å². The second-order valence-electron chi connectivity index (χ2n) is 6.27. The van der Waals surface area contributed by atoms with Gasteiger partial charge in [0.15, 0.2) is 0 Å². The van der Waals surface area contributed by atoms with Crippen LogP contribution in [0.5, 0.6) is 0 Å². The molecule has 128 valence electrons. The van der Waals surface area contributed by atoms with E-state index >= 15 is 0 Å². The van der Waals surface area contributed by atoms with E-state index in [0.29, 0.717) is 11.4 Å². The molecule has 0 amide bonds. The molecule has 1 aliphatic rings. The number of sulfonamides is 1. The van der Waals surface area contributed by atoms with Crippen molar-refractivity contribution in [1.82, 2.24) is 4.72 Å². The highest BCUT2D eigenvalue weighted by Crippen LogP contribution is 2.27. The lowest BCUT2D eigenvalue weighted by molar-refractivity contribution is 0.549. The largest absolute Gasteiger partial charge is 0.241 e. The van der Waals surface area contributed by atoms with Gasteiger partial charge < -0.3 is 0 Å². The molecule has 3 rings (SSSR count). The van der Waals surface area contributed by atoms with Crippen molar-refractivity contribution in [2.24, 2.45) is 0 Å². The third-order valence-electron chi connectivity index (χ3n) is 4.60. The Morgan fingerprint density at radius 3 is 2.38 bits per heavy atom. The summed E-state index contributed by atoms with van der Waals surface area (Å²) < 4.78 is 28.1. The van der Waals surface area contributed by atoms with Gasteiger partial charge in [-0.15, -0.1) is 0 Å². The van der Waals surface area contributed by atoms with Crippen molar-refractivity contribution in [3.8, 4) is 0 Å². The second kappa shape index (κ2) is 7.26. The van der Waals surface area contributed by atoms with E-state index in [1.807, 2.05) is 6.92 Å². The zero-order chi connectivity index (χ0) is 17.2. The maximum atomic E-state index is 12.6. The highest BCUT2D eigenvalue weighted by molar-refractivity contribution is 7.89. The van der Waals surface area contributed by atoms with Crippen LogP contribution in [0.1, 0.15) is 48.9 Å². The molecule has 0 bridgehead atoms. The fourth-order valence-corrected chi connectivity index (χ4v) is 4.66. The van der Waals surface area contributed by atoms with Gasteiger partial charge in [0, 0.05) is 11.1 Å². The molecule has 0 fully saturated rings. The monoisotopic (exact) mass is 363 g/mol. The highest BCUT2D eigenvalue weighted by atomic mass is 35.5. The number of fused-ring (bicyclic) bond motifs is 1. The molecule has 1 atom stereocenters. The zero-order valence-corrected chi connectivity index (χ0v) is 15.3. The lowest BCUT2D eigenvalue weighted by Gasteiger charge is -2.21. The van der Waals surface area contributed by atoms with Gasteiger partial charge in [-0.25, -0.2) is 13.1 Å². The first-order chi connectivity index (χ1) is 11.5. The Hall–Kier alpha value is -1.36. The molecular weight excluding hydrogens is 342 g/mol. The summed E-state index contributed by atoms with van der Waals surface area (Å²) in [4.78, 5) is 0.239. The summed E-state index contributed by atoms with van der Waals surface area (Å²) in [5.74, 6) is 0. The van der Waals surface area contributed by atoms with Gasteiger partial charge >= 0.3 is 0 Å². The van der Waals surface area contributed by atoms with Crippen LogP contribution in [-0.2, 0) is 22.9 Å². The quantitative estimate of drug-likeness (QED) is 0.840. The molecule has 0 aliphatic heterocycles. The maximum absolute atomic E-state index is 12.6. The summed E-state index contributed by atoms with van der Waals surface area (Å²) >= 11 is 5.84. The summed E-state index contributed by atoms with van der Waals surface area (Å²) in [6.07, 6.45) is 5.37. The minimum Gasteiger partial charge on any atom is -0.207 e. The Morgan fingerprint density at radius 2 is 1.71 bits per heavy atom. The zero-order valence-electron chi connectivity index (χ0n) is 13.8. The van der Waals surface area contributed by atoms with Crippen LogP contribution in [0.2, 0.25) is 5.02 Å². The summed E-state index contributed by atoms with van der Waals surface area (Å²) in [5, 5.41) is 0.524. The number of halogens is 1. The number of nitrogens with one attached hydrogen (secondary N) is 1. The molecule has 1 N–H and O–H groups in total. The van der Waals surface area contributed by atoms with Crippen molar-refractivity contribution in [3.05, 3.63) is 64.2 Å². The Bertz CT molecular complexity index is 816. The van der Waals surface area contributed by atoms with Crippen LogP contribution in [0.4, 0.5) is 0 Å². The normalized spacial score (nSPS) is 15.8. The van der Waals surface area contributed by atoms with Crippen LogP contribution in [-0.4, -0.2) is 8.42 Å². The van der Waals surface area contributed by atoms with Crippen molar-refractivity contribution in [3.63, 3.8) is 0 Å². The third kappa shape index (κ3) is 3.82. The average Bonchev–Trinajstić information content (AvgIpc) is 2.59. The van der Waals surface area contributed by atoms with Crippen molar-refractivity contribution >= 4 is 21.6 Å². The highest BCUT2D eigenvalue weighted by Gasteiger charge is 2.21. The fraction of sp³-hybridized carbons (Fsp3) is 0.368. The Balaban J connectivity index is 1.85. The minimum absolute atomic E-state index is 0.224. The van der Waals surface area contributed by atoms with Gasteiger partial charge in [-0.05, 0) is 73.1 Å². The van der Waals surface area contributed by atoms with Crippen LogP contribution in [0.15, 0.2) is 47.4 Å². The molecule has 0 saturated heterocycles. The lowest BCUT2D eigenvalue weighted by atomic mass is 9.89. The Morgan fingerprint density at radius 1 is 1.04 bits per heavy atom. The molecule has 3 nitrogen and oxygen atoms in total. The van der Waals surface area contributed by atoms with Gasteiger partial charge in [-0.3, -0.25) is 0 Å². The Kier molecular flexibility index (Phi) is 5.28. The molecular formula is C19H22ClNO2S. The molecule has 0 spiro atoms. The van der Waals surface area contributed by atoms with E-state index in [0.717, 1.165) is 18.4 Å². The van der Waals surface area contributed by atoms with Gasteiger partial charge in [0.2, 0.25) is 10.0 Å². The summed E-state index contributed by atoms with van der Waals surface area (Å²) in [7, 11) is -3.57. The molecule has 1 aliphatic carbocycles. The van der Waals surface area contributed by atoms with E-state index in [2.05, 4.69) is 22.9 Å². The molecule has 0 aromatic heterocycles. The van der Waals surface area contributed by atoms with Crippen LogP contribution in [0, 0.1) is 0 Å². The maximum Gasteiger partial charge on any atom is 0.241 e. The molecule has 2 aromatic carbocycles.